The molecule has 0 saturated heterocycles. The summed E-state index contributed by atoms with van der Waals surface area (Å²) >= 11 is 1.32. The molecule has 2 aromatic carbocycles. The minimum atomic E-state index is -0.359. The number of thioether (sulfide) groups is 1. The SMILES string of the molecule is CCC(Sc1nnc2c3ccccc3n(CC)c2n1)C(=O)Nc1ccc2c(c1)OCCO2. The highest BCUT2D eigenvalue weighted by Gasteiger charge is 2.22. The number of rotatable bonds is 6. The fraction of sp³-hybridized carbons (Fsp3) is 0.304. The fourth-order valence-corrected chi connectivity index (χ4v) is 4.67. The Kier molecular flexibility index (Phi) is 5.57. The summed E-state index contributed by atoms with van der Waals surface area (Å²) in [6.07, 6.45) is 0.624. The number of anilines is 1. The first kappa shape index (κ1) is 20.6. The van der Waals surface area contributed by atoms with E-state index in [1.54, 1.807) is 6.07 Å². The van der Waals surface area contributed by atoms with Crippen molar-refractivity contribution in [2.75, 3.05) is 18.5 Å². The van der Waals surface area contributed by atoms with Gasteiger partial charge in [0.25, 0.3) is 0 Å². The van der Waals surface area contributed by atoms with Crippen LogP contribution >= 0.6 is 11.8 Å². The Morgan fingerprint density at radius 1 is 1.12 bits per heavy atom. The fourth-order valence-electron chi connectivity index (χ4n) is 3.85. The number of hydrogen-bond donors (Lipinski definition) is 1. The Morgan fingerprint density at radius 3 is 2.75 bits per heavy atom. The molecule has 9 heteroatoms. The summed E-state index contributed by atoms with van der Waals surface area (Å²) in [4.78, 5) is 17.7. The first-order chi connectivity index (χ1) is 15.7. The number of nitrogens with zero attached hydrogens (tertiary/aromatic N) is 4. The van der Waals surface area contributed by atoms with Crippen LogP contribution < -0.4 is 14.8 Å². The molecule has 1 unspecified atom stereocenters. The molecule has 4 aromatic rings. The van der Waals surface area contributed by atoms with Crippen molar-refractivity contribution in [2.45, 2.75) is 37.2 Å². The van der Waals surface area contributed by atoms with Crippen molar-refractivity contribution < 1.29 is 14.3 Å². The maximum atomic E-state index is 13.0. The second-order valence-electron chi connectivity index (χ2n) is 7.39. The lowest BCUT2D eigenvalue weighted by atomic mass is 10.2. The molecule has 0 saturated carbocycles. The van der Waals surface area contributed by atoms with Crippen LogP contribution in [-0.2, 0) is 11.3 Å². The number of carbonyl (C=O) groups excluding carboxylic acids is 1. The van der Waals surface area contributed by atoms with Crippen molar-refractivity contribution in [2.24, 2.45) is 0 Å². The number of nitrogens with one attached hydrogen (secondary N) is 1. The average molecular weight is 450 g/mol. The van der Waals surface area contributed by atoms with Crippen molar-refractivity contribution in [1.29, 1.82) is 0 Å². The molecular weight excluding hydrogens is 426 g/mol. The molecule has 1 aliphatic heterocycles. The maximum absolute atomic E-state index is 13.0. The third kappa shape index (κ3) is 3.73. The third-order valence-corrected chi connectivity index (χ3v) is 6.61. The number of amides is 1. The van der Waals surface area contributed by atoms with Gasteiger partial charge in [0, 0.05) is 23.7 Å². The minimum absolute atomic E-state index is 0.117. The van der Waals surface area contributed by atoms with Crippen LogP contribution in [0.25, 0.3) is 22.1 Å². The van der Waals surface area contributed by atoms with Gasteiger partial charge in [-0.2, -0.15) is 0 Å². The molecule has 1 atom stereocenters. The van der Waals surface area contributed by atoms with E-state index in [1.165, 1.54) is 11.8 Å². The molecule has 8 nitrogen and oxygen atoms in total. The van der Waals surface area contributed by atoms with Gasteiger partial charge in [-0.25, -0.2) is 4.98 Å². The number of hydrogen-bond acceptors (Lipinski definition) is 7. The van der Waals surface area contributed by atoms with Gasteiger partial charge in [0.05, 0.1) is 10.8 Å². The van der Waals surface area contributed by atoms with Crippen LogP contribution in [0, 0.1) is 0 Å². The minimum Gasteiger partial charge on any atom is -0.486 e. The number of ether oxygens (including phenoxy) is 2. The topological polar surface area (TPSA) is 91.2 Å². The molecule has 0 spiro atoms. The highest BCUT2D eigenvalue weighted by atomic mass is 32.2. The molecule has 1 aliphatic rings. The van der Waals surface area contributed by atoms with Gasteiger partial charge in [0.15, 0.2) is 17.1 Å². The summed E-state index contributed by atoms with van der Waals surface area (Å²) < 4.78 is 13.3. The van der Waals surface area contributed by atoms with Crippen LogP contribution in [-0.4, -0.2) is 44.1 Å². The largest absolute Gasteiger partial charge is 0.486 e. The average Bonchev–Trinajstić information content (AvgIpc) is 3.15. The van der Waals surface area contributed by atoms with E-state index < -0.39 is 0 Å². The lowest BCUT2D eigenvalue weighted by molar-refractivity contribution is -0.115. The third-order valence-electron chi connectivity index (χ3n) is 5.39. The van der Waals surface area contributed by atoms with Crippen molar-refractivity contribution in [3.8, 4) is 11.5 Å². The molecule has 0 fully saturated rings. The Hall–Kier alpha value is -3.33. The highest BCUT2D eigenvalue weighted by Crippen LogP contribution is 2.33. The number of aryl methyl sites for hydroxylation is 1. The van der Waals surface area contributed by atoms with Crippen LogP contribution in [0.3, 0.4) is 0 Å². The van der Waals surface area contributed by atoms with E-state index >= 15 is 0 Å². The number of carbonyl (C=O) groups is 1. The van der Waals surface area contributed by atoms with Gasteiger partial charge in [0.2, 0.25) is 11.1 Å². The normalized spacial score (nSPS) is 13.9. The molecule has 3 heterocycles. The lowest BCUT2D eigenvalue weighted by Crippen LogP contribution is -2.25. The molecule has 2 aromatic heterocycles. The van der Waals surface area contributed by atoms with Crippen LogP contribution in [0.15, 0.2) is 47.6 Å². The van der Waals surface area contributed by atoms with Crippen LogP contribution in [0.5, 0.6) is 11.5 Å². The molecule has 32 heavy (non-hydrogen) atoms. The van der Waals surface area contributed by atoms with Crippen LogP contribution in [0.4, 0.5) is 5.69 Å². The summed E-state index contributed by atoms with van der Waals surface area (Å²) in [5.74, 6) is 1.21. The van der Waals surface area contributed by atoms with Gasteiger partial charge in [0.1, 0.15) is 18.7 Å². The smallest absolute Gasteiger partial charge is 0.237 e. The van der Waals surface area contributed by atoms with Gasteiger partial charge in [-0.1, -0.05) is 36.9 Å². The van der Waals surface area contributed by atoms with Gasteiger partial charge in [-0.3, -0.25) is 4.79 Å². The molecule has 164 valence electrons. The number of fused-ring (bicyclic) bond motifs is 4. The number of aromatic nitrogens is 4. The van der Waals surface area contributed by atoms with Crippen LogP contribution in [0.2, 0.25) is 0 Å². The predicted octanol–water partition coefficient (Wildman–Crippen LogP) is 4.28. The molecule has 1 N–H and O–H groups in total. The zero-order valence-corrected chi connectivity index (χ0v) is 18.7. The van der Waals surface area contributed by atoms with Gasteiger partial charge < -0.3 is 19.4 Å². The molecular formula is C23H23N5O3S. The lowest BCUT2D eigenvalue weighted by Gasteiger charge is -2.19. The van der Waals surface area contributed by atoms with E-state index in [4.69, 9.17) is 14.5 Å². The van der Waals surface area contributed by atoms with E-state index in [1.807, 2.05) is 37.3 Å². The molecule has 0 bridgehead atoms. The Balaban J connectivity index is 1.38. The quantitative estimate of drug-likeness (QED) is 0.439. The van der Waals surface area contributed by atoms with Crippen LogP contribution in [0.1, 0.15) is 20.3 Å². The zero-order chi connectivity index (χ0) is 22.1. The maximum Gasteiger partial charge on any atom is 0.237 e. The van der Waals surface area contributed by atoms with Gasteiger partial charge in [-0.15, -0.1) is 10.2 Å². The summed E-state index contributed by atoms with van der Waals surface area (Å²) in [6, 6.07) is 13.5. The highest BCUT2D eigenvalue weighted by molar-refractivity contribution is 8.00. The van der Waals surface area contributed by atoms with Gasteiger partial charge in [-0.05, 0) is 31.5 Å². The number of para-hydroxylation sites is 1. The van der Waals surface area contributed by atoms with E-state index in [2.05, 4.69) is 33.1 Å². The second kappa shape index (κ2) is 8.66. The van der Waals surface area contributed by atoms with E-state index in [-0.39, 0.29) is 11.2 Å². The van der Waals surface area contributed by atoms with Gasteiger partial charge >= 0.3 is 0 Å². The first-order valence-corrected chi connectivity index (χ1v) is 11.5. The Labute approximate surface area is 189 Å². The van der Waals surface area contributed by atoms with Crippen molar-refractivity contribution >= 4 is 45.4 Å². The monoisotopic (exact) mass is 449 g/mol. The molecule has 0 aliphatic carbocycles. The first-order valence-electron chi connectivity index (χ1n) is 10.7. The molecule has 1 amide bonds. The molecule has 5 rings (SSSR count). The predicted molar refractivity (Wildman–Crippen MR) is 125 cm³/mol. The second-order valence-corrected chi connectivity index (χ2v) is 8.56. The molecule has 0 radical (unpaired) electrons. The van der Waals surface area contributed by atoms with E-state index in [0.29, 0.717) is 42.0 Å². The Bertz CT molecular complexity index is 1310. The summed E-state index contributed by atoms with van der Waals surface area (Å²) in [6.45, 7) is 5.85. The standard InChI is InChI=1S/C23H23N5O3S/c1-3-19(22(29)24-14-9-10-17-18(13-14)31-12-11-30-17)32-23-25-21-20(26-27-23)15-7-5-6-8-16(15)28(21)4-2/h5-10,13,19H,3-4,11-12H2,1-2H3,(H,24,29). The Morgan fingerprint density at radius 2 is 1.94 bits per heavy atom. The summed E-state index contributed by atoms with van der Waals surface area (Å²) in [5.41, 5.74) is 3.31. The number of benzene rings is 2. The summed E-state index contributed by atoms with van der Waals surface area (Å²) in [5, 5.41) is 12.9. The van der Waals surface area contributed by atoms with Crippen molar-refractivity contribution in [3.05, 3.63) is 42.5 Å². The zero-order valence-electron chi connectivity index (χ0n) is 17.9. The van der Waals surface area contributed by atoms with Crippen molar-refractivity contribution in [3.63, 3.8) is 0 Å². The summed E-state index contributed by atoms with van der Waals surface area (Å²) in [7, 11) is 0. The van der Waals surface area contributed by atoms with E-state index in [9.17, 15) is 4.79 Å². The van der Waals surface area contributed by atoms with E-state index in [0.717, 1.165) is 28.6 Å². The van der Waals surface area contributed by atoms with Crippen molar-refractivity contribution in [1.82, 2.24) is 19.7 Å².